The average molecular weight is 275 g/mol. The van der Waals surface area contributed by atoms with Crippen LogP contribution in [0.5, 0.6) is 0 Å². The molecule has 18 heavy (non-hydrogen) atoms. The maximum Gasteiger partial charge on any atom is 0.224 e. The zero-order valence-corrected chi connectivity index (χ0v) is 11.4. The van der Waals surface area contributed by atoms with Crippen molar-refractivity contribution in [2.45, 2.75) is 19.8 Å². The summed E-state index contributed by atoms with van der Waals surface area (Å²) in [7, 11) is 0. The van der Waals surface area contributed by atoms with E-state index in [4.69, 9.17) is 0 Å². The predicted molar refractivity (Wildman–Crippen MR) is 73.5 cm³/mol. The maximum atomic E-state index is 12.9. The monoisotopic (exact) mass is 274 g/mol. The van der Waals surface area contributed by atoms with Crippen LogP contribution >= 0.6 is 12.4 Å². The van der Waals surface area contributed by atoms with E-state index in [1.807, 2.05) is 0 Å². The van der Waals surface area contributed by atoms with Gasteiger partial charge in [-0.2, -0.15) is 0 Å². The summed E-state index contributed by atoms with van der Waals surface area (Å²) in [5.74, 6) is -0.381. The first-order valence-electron chi connectivity index (χ1n) is 5.94. The summed E-state index contributed by atoms with van der Waals surface area (Å²) in [5.41, 5.74) is 0.698. The number of rotatable bonds is 7. The quantitative estimate of drug-likeness (QED) is 0.746. The number of carbonyl (C=O) groups is 1. The smallest absolute Gasteiger partial charge is 0.224 e. The number of benzene rings is 1. The fourth-order valence-electron chi connectivity index (χ4n) is 1.49. The van der Waals surface area contributed by atoms with Crippen LogP contribution in [0.25, 0.3) is 0 Å². The van der Waals surface area contributed by atoms with Crippen molar-refractivity contribution >= 4 is 18.3 Å². The topological polar surface area (TPSA) is 41.1 Å². The van der Waals surface area contributed by atoms with Crippen molar-refractivity contribution in [2.75, 3.05) is 19.6 Å². The molecule has 0 saturated heterocycles. The molecule has 0 heterocycles. The number of carbonyl (C=O) groups excluding carboxylic acids is 1. The second-order valence-corrected chi connectivity index (χ2v) is 3.91. The third-order valence-electron chi connectivity index (χ3n) is 2.30. The lowest BCUT2D eigenvalue weighted by Crippen LogP contribution is -2.33. The van der Waals surface area contributed by atoms with Gasteiger partial charge in [0.05, 0.1) is 6.42 Å². The minimum atomic E-state index is -0.306. The predicted octanol–water partition coefficient (Wildman–Crippen LogP) is 1.91. The summed E-state index contributed by atoms with van der Waals surface area (Å²) in [6.07, 6.45) is 1.31. The Morgan fingerprint density at radius 1 is 1.28 bits per heavy atom. The van der Waals surface area contributed by atoms with Crippen molar-refractivity contribution in [3.05, 3.63) is 35.6 Å². The molecule has 0 aliphatic heterocycles. The Balaban J connectivity index is 0.00000289. The van der Waals surface area contributed by atoms with Crippen molar-refractivity contribution in [1.82, 2.24) is 10.6 Å². The molecule has 0 atom stereocenters. The number of amides is 1. The van der Waals surface area contributed by atoms with E-state index in [1.165, 1.54) is 12.1 Å². The molecule has 1 aromatic rings. The van der Waals surface area contributed by atoms with Gasteiger partial charge in [0.1, 0.15) is 5.82 Å². The van der Waals surface area contributed by atoms with Gasteiger partial charge in [-0.3, -0.25) is 4.79 Å². The van der Waals surface area contributed by atoms with E-state index < -0.39 is 0 Å². The van der Waals surface area contributed by atoms with Gasteiger partial charge in [-0.05, 0) is 30.7 Å². The lowest BCUT2D eigenvalue weighted by Gasteiger charge is -2.06. The summed E-state index contributed by atoms with van der Waals surface area (Å²) in [6, 6.07) is 6.11. The molecule has 0 radical (unpaired) electrons. The molecule has 1 rings (SSSR count). The molecule has 1 amide bonds. The Morgan fingerprint density at radius 2 is 2.06 bits per heavy atom. The Morgan fingerprint density at radius 3 is 2.72 bits per heavy atom. The number of hydrogen-bond acceptors (Lipinski definition) is 2. The summed E-state index contributed by atoms with van der Waals surface area (Å²) < 4.78 is 12.9. The van der Waals surface area contributed by atoms with Gasteiger partial charge < -0.3 is 10.6 Å². The molecule has 0 aromatic heterocycles. The second-order valence-electron chi connectivity index (χ2n) is 3.91. The first kappa shape index (κ1) is 16.9. The number of halogens is 2. The lowest BCUT2D eigenvalue weighted by molar-refractivity contribution is -0.120. The molecule has 102 valence electrons. The van der Waals surface area contributed by atoms with Gasteiger partial charge in [0.2, 0.25) is 5.91 Å². The van der Waals surface area contributed by atoms with Gasteiger partial charge in [0, 0.05) is 13.1 Å². The Kier molecular flexibility index (Phi) is 9.24. The molecule has 3 nitrogen and oxygen atoms in total. The molecular weight excluding hydrogens is 255 g/mol. The number of hydrogen-bond donors (Lipinski definition) is 2. The van der Waals surface area contributed by atoms with Crippen LogP contribution in [0.4, 0.5) is 4.39 Å². The van der Waals surface area contributed by atoms with Crippen molar-refractivity contribution < 1.29 is 9.18 Å². The lowest BCUT2D eigenvalue weighted by atomic mass is 10.1. The maximum absolute atomic E-state index is 12.9. The summed E-state index contributed by atoms with van der Waals surface area (Å²) in [6.45, 7) is 4.42. The van der Waals surface area contributed by atoms with Gasteiger partial charge in [-0.15, -0.1) is 12.4 Å². The normalized spacial score (nSPS) is 9.67. The van der Waals surface area contributed by atoms with E-state index in [1.54, 1.807) is 12.1 Å². The first-order chi connectivity index (χ1) is 8.22. The first-order valence-corrected chi connectivity index (χ1v) is 5.94. The zero-order valence-electron chi connectivity index (χ0n) is 10.5. The number of nitrogens with one attached hydrogen (secondary N) is 2. The Hall–Kier alpha value is -1.13. The zero-order chi connectivity index (χ0) is 12.5. The van der Waals surface area contributed by atoms with E-state index in [2.05, 4.69) is 17.6 Å². The molecule has 0 unspecified atom stereocenters. The van der Waals surface area contributed by atoms with Crippen molar-refractivity contribution in [3.8, 4) is 0 Å². The van der Waals surface area contributed by atoms with Crippen molar-refractivity contribution in [2.24, 2.45) is 0 Å². The van der Waals surface area contributed by atoms with Crippen molar-refractivity contribution in [3.63, 3.8) is 0 Å². The average Bonchev–Trinajstić information content (AvgIpc) is 2.29. The van der Waals surface area contributed by atoms with Crippen LogP contribution < -0.4 is 10.6 Å². The van der Waals surface area contributed by atoms with Crippen LogP contribution in [0.3, 0.4) is 0 Å². The molecule has 0 saturated carbocycles. The SMILES string of the molecule is CCCNCCNC(=O)Cc1cccc(F)c1.Cl. The van der Waals surface area contributed by atoms with Crippen LogP contribution in [0.2, 0.25) is 0 Å². The molecule has 0 fully saturated rings. The van der Waals surface area contributed by atoms with E-state index in [0.717, 1.165) is 19.5 Å². The van der Waals surface area contributed by atoms with Gasteiger partial charge >= 0.3 is 0 Å². The molecule has 1 aromatic carbocycles. The van der Waals surface area contributed by atoms with Crippen molar-refractivity contribution in [1.29, 1.82) is 0 Å². The molecule has 0 aliphatic carbocycles. The van der Waals surface area contributed by atoms with Gasteiger partial charge in [0.15, 0.2) is 0 Å². The molecule has 0 bridgehead atoms. The van der Waals surface area contributed by atoms with Crippen LogP contribution in [-0.2, 0) is 11.2 Å². The summed E-state index contributed by atoms with van der Waals surface area (Å²) in [5, 5.41) is 5.97. The molecule has 5 heteroatoms. The third kappa shape index (κ3) is 7.25. The molecule has 0 spiro atoms. The second kappa shape index (κ2) is 9.85. The fraction of sp³-hybridized carbons (Fsp3) is 0.462. The molecule has 0 aliphatic rings. The van der Waals surface area contributed by atoms with Gasteiger partial charge in [0.25, 0.3) is 0 Å². The minimum absolute atomic E-state index is 0. The standard InChI is InChI=1S/C13H19FN2O.ClH/c1-2-6-15-7-8-16-13(17)10-11-4-3-5-12(14)9-11;/h3-5,9,15H,2,6-8,10H2,1H3,(H,16,17);1H. The van der Waals surface area contributed by atoms with Crippen LogP contribution in [-0.4, -0.2) is 25.5 Å². The Bertz CT molecular complexity index is 361. The van der Waals surface area contributed by atoms with E-state index in [9.17, 15) is 9.18 Å². The van der Waals surface area contributed by atoms with Gasteiger partial charge in [-0.1, -0.05) is 19.1 Å². The van der Waals surface area contributed by atoms with Crippen LogP contribution in [0, 0.1) is 5.82 Å². The van der Waals surface area contributed by atoms with Crippen LogP contribution in [0.1, 0.15) is 18.9 Å². The fourth-order valence-corrected chi connectivity index (χ4v) is 1.49. The van der Waals surface area contributed by atoms with E-state index in [0.29, 0.717) is 12.1 Å². The third-order valence-corrected chi connectivity index (χ3v) is 2.30. The minimum Gasteiger partial charge on any atom is -0.355 e. The highest BCUT2D eigenvalue weighted by molar-refractivity contribution is 5.85. The van der Waals surface area contributed by atoms with Gasteiger partial charge in [-0.25, -0.2) is 4.39 Å². The van der Waals surface area contributed by atoms with E-state index in [-0.39, 0.29) is 30.6 Å². The largest absolute Gasteiger partial charge is 0.355 e. The Labute approximate surface area is 114 Å². The highest BCUT2D eigenvalue weighted by Crippen LogP contribution is 2.03. The summed E-state index contributed by atoms with van der Waals surface area (Å²) >= 11 is 0. The van der Waals surface area contributed by atoms with E-state index >= 15 is 0 Å². The molecular formula is C13H20ClFN2O. The highest BCUT2D eigenvalue weighted by atomic mass is 35.5. The highest BCUT2D eigenvalue weighted by Gasteiger charge is 2.03. The van der Waals surface area contributed by atoms with Crippen LogP contribution in [0.15, 0.2) is 24.3 Å². The summed E-state index contributed by atoms with van der Waals surface area (Å²) in [4.78, 5) is 11.5. The molecule has 2 N–H and O–H groups in total.